The molecule has 72 valence electrons. The summed E-state index contributed by atoms with van der Waals surface area (Å²) >= 11 is 0. The highest BCUT2D eigenvalue weighted by Crippen LogP contribution is 2.10. The van der Waals surface area contributed by atoms with Gasteiger partial charge in [-0.25, -0.2) is 0 Å². The average molecular weight is 180 g/mol. The standard InChI is InChI=1S/C10H16N2O/c1-7-6-9(12-13-7)8(2)11-10(3,4)5/h6H,1-5H3. The molecule has 0 unspecified atom stereocenters. The van der Waals surface area contributed by atoms with Gasteiger partial charge in [-0.05, 0) is 34.6 Å². The fourth-order valence-electron chi connectivity index (χ4n) is 1.10. The quantitative estimate of drug-likeness (QED) is 0.623. The topological polar surface area (TPSA) is 38.4 Å². The molecule has 0 aromatic carbocycles. The molecule has 1 heterocycles. The van der Waals surface area contributed by atoms with Crippen LogP contribution in [0.5, 0.6) is 0 Å². The Morgan fingerprint density at radius 2 is 2.08 bits per heavy atom. The molecule has 0 fully saturated rings. The van der Waals surface area contributed by atoms with E-state index in [9.17, 15) is 0 Å². The van der Waals surface area contributed by atoms with Crippen LogP contribution in [0.4, 0.5) is 0 Å². The number of rotatable bonds is 1. The molecule has 0 atom stereocenters. The lowest BCUT2D eigenvalue weighted by atomic mass is 10.1. The molecule has 0 spiro atoms. The van der Waals surface area contributed by atoms with Crippen LogP contribution in [0.2, 0.25) is 0 Å². The molecule has 0 bridgehead atoms. The molecule has 0 N–H and O–H groups in total. The van der Waals surface area contributed by atoms with Crippen molar-refractivity contribution in [3.8, 4) is 0 Å². The molecule has 0 aliphatic rings. The monoisotopic (exact) mass is 180 g/mol. The third kappa shape index (κ3) is 3.01. The second-order valence-electron chi connectivity index (χ2n) is 4.19. The van der Waals surface area contributed by atoms with E-state index in [1.165, 1.54) is 0 Å². The van der Waals surface area contributed by atoms with Gasteiger partial charge in [-0.15, -0.1) is 0 Å². The molecular formula is C10H16N2O. The van der Waals surface area contributed by atoms with E-state index < -0.39 is 0 Å². The molecule has 3 nitrogen and oxygen atoms in total. The van der Waals surface area contributed by atoms with Crippen molar-refractivity contribution in [1.82, 2.24) is 5.16 Å². The summed E-state index contributed by atoms with van der Waals surface area (Å²) in [6.45, 7) is 10.00. The minimum atomic E-state index is -0.0586. The first-order valence-corrected chi connectivity index (χ1v) is 4.38. The molecule has 0 saturated heterocycles. The number of aliphatic imine (C=N–C) groups is 1. The van der Waals surface area contributed by atoms with Crippen LogP contribution in [-0.4, -0.2) is 16.4 Å². The van der Waals surface area contributed by atoms with Crippen molar-refractivity contribution in [2.24, 2.45) is 4.99 Å². The average Bonchev–Trinajstić information content (AvgIpc) is 2.31. The Morgan fingerprint density at radius 1 is 1.46 bits per heavy atom. The van der Waals surface area contributed by atoms with Gasteiger partial charge in [0.25, 0.3) is 0 Å². The zero-order chi connectivity index (χ0) is 10.1. The Kier molecular flexibility index (Phi) is 2.55. The zero-order valence-corrected chi connectivity index (χ0v) is 8.88. The van der Waals surface area contributed by atoms with Crippen molar-refractivity contribution in [2.75, 3.05) is 0 Å². The van der Waals surface area contributed by atoms with Gasteiger partial charge in [-0.3, -0.25) is 4.99 Å². The molecule has 0 radical (unpaired) electrons. The first-order chi connectivity index (χ1) is 5.88. The van der Waals surface area contributed by atoms with Crippen LogP contribution in [0.25, 0.3) is 0 Å². The number of aromatic nitrogens is 1. The van der Waals surface area contributed by atoms with Gasteiger partial charge in [0.1, 0.15) is 11.5 Å². The molecule has 3 heteroatoms. The zero-order valence-electron chi connectivity index (χ0n) is 8.88. The van der Waals surface area contributed by atoms with Crippen molar-refractivity contribution in [3.05, 3.63) is 17.5 Å². The van der Waals surface area contributed by atoms with E-state index in [0.29, 0.717) is 0 Å². The second kappa shape index (κ2) is 3.32. The van der Waals surface area contributed by atoms with Gasteiger partial charge in [-0.1, -0.05) is 5.16 Å². The molecule has 0 amide bonds. The van der Waals surface area contributed by atoms with Crippen LogP contribution >= 0.6 is 0 Å². The fourth-order valence-corrected chi connectivity index (χ4v) is 1.10. The fraction of sp³-hybridized carbons (Fsp3) is 0.600. The Bertz CT molecular complexity index is 318. The van der Waals surface area contributed by atoms with E-state index in [0.717, 1.165) is 17.2 Å². The van der Waals surface area contributed by atoms with Crippen LogP contribution in [-0.2, 0) is 0 Å². The van der Waals surface area contributed by atoms with Crippen molar-refractivity contribution < 1.29 is 4.52 Å². The van der Waals surface area contributed by atoms with Gasteiger partial charge >= 0.3 is 0 Å². The molecule has 0 aliphatic carbocycles. The van der Waals surface area contributed by atoms with E-state index in [4.69, 9.17) is 4.52 Å². The van der Waals surface area contributed by atoms with Gasteiger partial charge in [0.15, 0.2) is 0 Å². The highest BCUT2D eigenvalue weighted by atomic mass is 16.5. The summed E-state index contributed by atoms with van der Waals surface area (Å²) in [5.41, 5.74) is 1.69. The lowest BCUT2D eigenvalue weighted by Gasteiger charge is -2.12. The summed E-state index contributed by atoms with van der Waals surface area (Å²) in [5.74, 6) is 0.818. The van der Waals surface area contributed by atoms with Crippen LogP contribution in [0.3, 0.4) is 0 Å². The van der Waals surface area contributed by atoms with E-state index in [1.54, 1.807) is 0 Å². The van der Waals surface area contributed by atoms with Gasteiger partial charge < -0.3 is 4.52 Å². The van der Waals surface area contributed by atoms with Crippen LogP contribution < -0.4 is 0 Å². The third-order valence-corrected chi connectivity index (χ3v) is 1.50. The van der Waals surface area contributed by atoms with Crippen LogP contribution in [0.15, 0.2) is 15.6 Å². The van der Waals surface area contributed by atoms with Crippen molar-refractivity contribution in [3.63, 3.8) is 0 Å². The highest BCUT2D eigenvalue weighted by Gasteiger charge is 2.10. The van der Waals surface area contributed by atoms with Crippen molar-refractivity contribution >= 4 is 5.71 Å². The predicted molar refractivity (Wildman–Crippen MR) is 53.2 cm³/mol. The maximum Gasteiger partial charge on any atom is 0.134 e. The summed E-state index contributed by atoms with van der Waals surface area (Å²) in [5, 5.41) is 3.89. The number of nitrogens with zero attached hydrogens (tertiary/aromatic N) is 2. The molecule has 13 heavy (non-hydrogen) atoms. The Labute approximate surface area is 78.8 Å². The molecule has 1 rings (SSSR count). The number of hydrogen-bond donors (Lipinski definition) is 0. The van der Waals surface area contributed by atoms with Gasteiger partial charge in [0.05, 0.1) is 11.3 Å². The lowest BCUT2D eigenvalue weighted by Crippen LogP contribution is -2.13. The van der Waals surface area contributed by atoms with E-state index >= 15 is 0 Å². The molecular weight excluding hydrogens is 164 g/mol. The molecule has 0 saturated carbocycles. The summed E-state index contributed by atoms with van der Waals surface area (Å²) < 4.78 is 4.97. The predicted octanol–water partition coefficient (Wildman–Crippen LogP) is 2.59. The third-order valence-electron chi connectivity index (χ3n) is 1.50. The maximum atomic E-state index is 4.97. The summed E-state index contributed by atoms with van der Waals surface area (Å²) in [6, 6.07) is 1.89. The highest BCUT2D eigenvalue weighted by molar-refractivity contribution is 5.97. The van der Waals surface area contributed by atoms with Crippen LogP contribution in [0.1, 0.15) is 39.1 Å². The lowest BCUT2D eigenvalue weighted by molar-refractivity contribution is 0.396. The largest absolute Gasteiger partial charge is 0.361 e. The van der Waals surface area contributed by atoms with Crippen molar-refractivity contribution in [1.29, 1.82) is 0 Å². The Balaban J connectivity index is 2.91. The second-order valence-corrected chi connectivity index (χ2v) is 4.19. The van der Waals surface area contributed by atoms with Crippen molar-refractivity contribution in [2.45, 2.75) is 40.2 Å². The Hall–Kier alpha value is -1.12. The van der Waals surface area contributed by atoms with Gasteiger partial charge in [0.2, 0.25) is 0 Å². The number of aryl methyl sites for hydroxylation is 1. The van der Waals surface area contributed by atoms with Crippen LogP contribution in [0, 0.1) is 6.92 Å². The molecule has 0 aliphatic heterocycles. The maximum absolute atomic E-state index is 4.97. The summed E-state index contributed by atoms with van der Waals surface area (Å²) in [4.78, 5) is 4.49. The van der Waals surface area contributed by atoms with E-state index in [-0.39, 0.29) is 5.54 Å². The normalized spacial score (nSPS) is 13.5. The Morgan fingerprint density at radius 3 is 2.46 bits per heavy atom. The first-order valence-electron chi connectivity index (χ1n) is 4.38. The SMILES string of the molecule is CC(=NC(C)(C)C)c1cc(C)on1. The van der Waals surface area contributed by atoms with E-state index in [1.807, 2.05) is 19.9 Å². The summed E-state index contributed by atoms with van der Waals surface area (Å²) in [6.07, 6.45) is 0. The minimum absolute atomic E-state index is 0.0586. The number of hydrogen-bond acceptors (Lipinski definition) is 3. The minimum Gasteiger partial charge on any atom is -0.361 e. The first kappa shape index (κ1) is 9.96. The molecule has 1 aromatic rings. The van der Waals surface area contributed by atoms with Gasteiger partial charge in [0, 0.05) is 6.07 Å². The smallest absolute Gasteiger partial charge is 0.134 e. The van der Waals surface area contributed by atoms with Gasteiger partial charge in [-0.2, -0.15) is 0 Å². The molecule has 1 aromatic heterocycles. The van der Waals surface area contributed by atoms with E-state index in [2.05, 4.69) is 30.9 Å². The summed E-state index contributed by atoms with van der Waals surface area (Å²) in [7, 11) is 0.